The highest BCUT2D eigenvalue weighted by Crippen LogP contribution is 2.30. The minimum absolute atomic E-state index is 0.0998. The van der Waals surface area contributed by atoms with Gasteiger partial charge in [-0.05, 0) is 31.4 Å². The van der Waals surface area contributed by atoms with Crippen LogP contribution in [0, 0.1) is 0 Å². The van der Waals surface area contributed by atoms with Crippen LogP contribution in [0.5, 0.6) is 11.5 Å². The Kier molecular flexibility index (Phi) is 4.58. The summed E-state index contributed by atoms with van der Waals surface area (Å²) in [5, 5.41) is 28.3. The molecule has 0 aliphatic heterocycles. The molecule has 0 radical (unpaired) electrons. The van der Waals surface area contributed by atoms with Gasteiger partial charge in [-0.1, -0.05) is 12.1 Å². The van der Waals surface area contributed by atoms with Gasteiger partial charge in [-0.25, -0.2) is 0 Å². The third-order valence-corrected chi connectivity index (χ3v) is 2.57. The van der Waals surface area contributed by atoms with Crippen LogP contribution in [-0.2, 0) is 6.42 Å². The zero-order valence-corrected chi connectivity index (χ0v) is 9.55. The maximum atomic E-state index is 9.77. The second-order valence-electron chi connectivity index (χ2n) is 3.81. The van der Waals surface area contributed by atoms with E-state index in [1.807, 2.05) is 0 Å². The standard InChI is InChI=1S/C12H18O4/c1-8(13)10(14)7-6-9-4-3-5-11(16-2)12(9)15/h3-5,8,10,13-15H,6-7H2,1-2H3. The van der Waals surface area contributed by atoms with E-state index >= 15 is 0 Å². The van der Waals surface area contributed by atoms with Gasteiger partial charge in [0.2, 0.25) is 0 Å². The van der Waals surface area contributed by atoms with Crippen molar-refractivity contribution in [3.8, 4) is 11.5 Å². The van der Waals surface area contributed by atoms with Crippen LogP contribution in [0.3, 0.4) is 0 Å². The van der Waals surface area contributed by atoms with Crippen molar-refractivity contribution >= 4 is 0 Å². The Bertz CT molecular complexity index is 336. The monoisotopic (exact) mass is 226 g/mol. The second kappa shape index (κ2) is 5.72. The molecule has 0 saturated heterocycles. The number of phenols is 1. The van der Waals surface area contributed by atoms with Crippen LogP contribution in [0.15, 0.2) is 18.2 Å². The maximum absolute atomic E-state index is 9.77. The molecule has 16 heavy (non-hydrogen) atoms. The molecule has 0 aliphatic carbocycles. The van der Waals surface area contributed by atoms with Crippen molar-refractivity contribution < 1.29 is 20.1 Å². The number of aryl methyl sites for hydroxylation is 1. The molecule has 4 nitrogen and oxygen atoms in total. The molecule has 0 amide bonds. The van der Waals surface area contributed by atoms with Crippen molar-refractivity contribution in [1.82, 2.24) is 0 Å². The smallest absolute Gasteiger partial charge is 0.160 e. The van der Waals surface area contributed by atoms with E-state index < -0.39 is 12.2 Å². The number of hydrogen-bond donors (Lipinski definition) is 3. The van der Waals surface area contributed by atoms with Crippen LogP contribution >= 0.6 is 0 Å². The molecule has 1 aromatic rings. The van der Waals surface area contributed by atoms with Crippen molar-refractivity contribution in [3.05, 3.63) is 23.8 Å². The summed E-state index contributed by atoms with van der Waals surface area (Å²) in [5.74, 6) is 0.520. The van der Waals surface area contributed by atoms with Crippen LogP contribution in [-0.4, -0.2) is 34.6 Å². The van der Waals surface area contributed by atoms with Crippen LogP contribution in [0.25, 0.3) is 0 Å². The average molecular weight is 226 g/mol. The first kappa shape index (κ1) is 12.8. The minimum atomic E-state index is -0.773. The van der Waals surface area contributed by atoms with Gasteiger partial charge in [-0.3, -0.25) is 0 Å². The van der Waals surface area contributed by atoms with Crippen LogP contribution < -0.4 is 4.74 Å². The summed E-state index contributed by atoms with van der Waals surface area (Å²) in [4.78, 5) is 0. The molecule has 0 aliphatic rings. The third-order valence-electron chi connectivity index (χ3n) is 2.57. The van der Waals surface area contributed by atoms with E-state index in [2.05, 4.69) is 0 Å². The van der Waals surface area contributed by atoms with E-state index in [1.165, 1.54) is 14.0 Å². The minimum Gasteiger partial charge on any atom is -0.504 e. The molecule has 3 N–H and O–H groups in total. The number of methoxy groups -OCH3 is 1. The molecule has 2 atom stereocenters. The molecule has 90 valence electrons. The van der Waals surface area contributed by atoms with Gasteiger partial charge in [0.05, 0.1) is 19.3 Å². The highest BCUT2D eigenvalue weighted by Gasteiger charge is 2.13. The third kappa shape index (κ3) is 3.12. The Balaban J connectivity index is 2.67. The fraction of sp³-hybridized carbons (Fsp3) is 0.500. The second-order valence-corrected chi connectivity index (χ2v) is 3.81. The molecule has 4 heteroatoms. The van der Waals surface area contributed by atoms with E-state index in [0.29, 0.717) is 24.2 Å². The van der Waals surface area contributed by atoms with Crippen molar-refractivity contribution in [2.75, 3.05) is 7.11 Å². The molecule has 2 unspecified atom stereocenters. The van der Waals surface area contributed by atoms with Crippen LogP contribution in [0.2, 0.25) is 0 Å². The largest absolute Gasteiger partial charge is 0.504 e. The first-order valence-corrected chi connectivity index (χ1v) is 5.27. The van der Waals surface area contributed by atoms with Crippen molar-refractivity contribution in [3.63, 3.8) is 0 Å². The van der Waals surface area contributed by atoms with Gasteiger partial charge in [0.25, 0.3) is 0 Å². The highest BCUT2D eigenvalue weighted by molar-refractivity contribution is 5.45. The van der Waals surface area contributed by atoms with E-state index in [1.54, 1.807) is 18.2 Å². The molecule has 0 fully saturated rings. The van der Waals surface area contributed by atoms with Gasteiger partial charge in [0.1, 0.15) is 0 Å². The number of hydrogen-bond acceptors (Lipinski definition) is 4. The van der Waals surface area contributed by atoms with Gasteiger partial charge >= 0.3 is 0 Å². The summed E-state index contributed by atoms with van der Waals surface area (Å²) in [6.07, 6.45) is -0.633. The highest BCUT2D eigenvalue weighted by atomic mass is 16.5. The molecule has 1 aromatic carbocycles. The van der Waals surface area contributed by atoms with Crippen molar-refractivity contribution in [2.45, 2.75) is 32.0 Å². The number of aliphatic hydroxyl groups is 2. The number of para-hydroxylation sites is 1. The quantitative estimate of drug-likeness (QED) is 0.702. The zero-order chi connectivity index (χ0) is 12.1. The topological polar surface area (TPSA) is 69.9 Å². The number of phenolic OH excluding ortho intramolecular Hbond substituents is 1. The lowest BCUT2D eigenvalue weighted by atomic mass is 10.0. The lowest BCUT2D eigenvalue weighted by Gasteiger charge is -2.14. The number of ether oxygens (including phenoxy) is 1. The Hall–Kier alpha value is -1.26. The fourth-order valence-electron chi connectivity index (χ4n) is 1.48. The van der Waals surface area contributed by atoms with Crippen molar-refractivity contribution in [1.29, 1.82) is 0 Å². The summed E-state index contributed by atoms with van der Waals surface area (Å²) in [5.41, 5.74) is 0.707. The Morgan fingerprint density at radius 3 is 2.56 bits per heavy atom. The maximum Gasteiger partial charge on any atom is 0.160 e. The van der Waals surface area contributed by atoms with Gasteiger partial charge in [-0.2, -0.15) is 0 Å². The summed E-state index contributed by atoms with van der Waals surface area (Å²) >= 11 is 0. The first-order chi connectivity index (χ1) is 7.56. The van der Waals surface area contributed by atoms with Gasteiger partial charge in [0, 0.05) is 0 Å². The predicted molar refractivity (Wildman–Crippen MR) is 60.7 cm³/mol. The number of benzene rings is 1. The molecular weight excluding hydrogens is 208 g/mol. The van der Waals surface area contributed by atoms with Gasteiger partial charge < -0.3 is 20.1 Å². The normalized spacial score (nSPS) is 14.5. The van der Waals surface area contributed by atoms with E-state index in [4.69, 9.17) is 9.84 Å². The van der Waals surface area contributed by atoms with Crippen LogP contribution in [0.1, 0.15) is 18.9 Å². The fourth-order valence-corrected chi connectivity index (χ4v) is 1.48. The Morgan fingerprint density at radius 1 is 1.31 bits per heavy atom. The van der Waals surface area contributed by atoms with Crippen molar-refractivity contribution in [2.24, 2.45) is 0 Å². The van der Waals surface area contributed by atoms with E-state index in [0.717, 1.165) is 0 Å². The average Bonchev–Trinajstić information content (AvgIpc) is 2.27. The molecule has 1 rings (SSSR count). The summed E-state index contributed by atoms with van der Waals surface area (Å²) in [6, 6.07) is 5.22. The summed E-state index contributed by atoms with van der Waals surface area (Å²) in [7, 11) is 1.49. The lowest BCUT2D eigenvalue weighted by molar-refractivity contribution is 0.0264. The Morgan fingerprint density at radius 2 is 2.00 bits per heavy atom. The number of rotatable bonds is 5. The van der Waals surface area contributed by atoms with E-state index in [-0.39, 0.29) is 5.75 Å². The predicted octanol–water partition coefficient (Wildman–Crippen LogP) is 1.08. The zero-order valence-electron chi connectivity index (χ0n) is 9.55. The lowest BCUT2D eigenvalue weighted by Crippen LogP contribution is -2.22. The molecule has 0 heterocycles. The Labute approximate surface area is 95.1 Å². The molecular formula is C12H18O4. The number of aromatic hydroxyl groups is 1. The molecule has 0 aromatic heterocycles. The van der Waals surface area contributed by atoms with Gasteiger partial charge in [-0.15, -0.1) is 0 Å². The SMILES string of the molecule is COc1cccc(CCC(O)C(C)O)c1O. The molecule has 0 bridgehead atoms. The molecule has 0 spiro atoms. The van der Waals surface area contributed by atoms with Crippen LogP contribution in [0.4, 0.5) is 0 Å². The summed E-state index contributed by atoms with van der Waals surface area (Å²) in [6.45, 7) is 1.54. The van der Waals surface area contributed by atoms with E-state index in [9.17, 15) is 10.2 Å². The number of aliphatic hydroxyl groups excluding tert-OH is 2. The first-order valence-electron chi connectivity index (χ1n) is 5.27. The van der Waals surface area contributed by atoms with Gasteiger partial charge in [0.15, 0.2) is 11.5 Å². The summed E-state index contributed by atoms with van der Waals surface area (Å²) < 4.78 is 4.98. The molecule has 0 saturated carbocycles.